The van der Waals surface area contributed by atoms with Crippen molar-refractivity contribution in [3.05, 3.63) is 39.9 Å². The van der Waals surface area contributed by atoms with Gasteiger partial charge < -0.3 is 30.2 Å². The Kier molecular flexibility index (Phi) is 7.57. The van der Waals surface area contributed by atoms with Crippen LogP contribution in [0.15, 0.2) is 23.1 Å². The molecule has 2 saturated heterocycles. The summed E-state index contributed by atoms with van der Waals surface area (Å²) in [5.74, 6) is -4.66. The Balaban J connectivity index is 0.000000479. The highest BCUT2D eigenvalue weighted by Crippen LogP contribution is 2.41. The van der Waals surface area contributed by atoms with Crippen molar-refractivity contribution in [3.8, 4) is 0 Å². The van der Waals surface area contributed by atoms with E-state index in [9.17, 15) is 32.3 Å². The van der Waals surface area contributed by atoms with E-state index in [0.29, 0.717) is 26.2 Å². The number of nitrogens with two attached hydrogens (primary N) is 1. The standard InChI is InChI=1S/C21H25F2N3O4.C2HF3O2/c1-20(2,9-22)26-8-14(19(28)29)18(27)13-5-15(23)17(6-16(13)26)25-7-12-3-4-30-21(12,10-24)11-25;3-2(4,5)1(6)7/h5-6,8,12H,3-4,7,9-11,24H2,1-2H3,(H,28,29);(H,6,7). The number of alkyl halides is 4. The number of nitrogens with zero attached hydrogens (tertiary/aromatic N) is 2. The Labute approximate surface area is 207 Å². The van der Waals surface area contributed by atoms with Crippen molar-refractivity contribution in [2.24, 2.45) is 11.7 Å². The van der Waals surface area contributed by atoms with E-state index in [0.717, 1.165) is 18.7 Å². The molecule has 0 amide bonds. The summed E-state index contributed by atoms with van der Waals surface area (Å²) < 4.78 is 67.9. The van der Waals surface area contributed by atoms with Gasteiger partial charge in [-0.3, -0.25) is 4.79 Å². The van der Waals surface area contributed by atoms with E-state index >= 15 is 4.39 Å². The van der Waals surface area contributed by atoms with Crippen LogP contribution in [0.25, 0.3) is 10.9 Å². The van der Waals surface area contributed by atoms with Crippen molar-refractivity contribution in [2.75, 3.05) is 37.8 Å². The lowest BCUT2D eigenvalue weighted by Crippen LogP contribution is -2.44. The highest BCUT2D eigenvalue weighted by molar-refractivity contribution is 5.93. The number of carbonyl (C=O) groups is 2. The van der Waals surface area contributed by atoms with Crippen molar-refractivity contribution in [1.29, 1.82) is 0 Å². The third-order valence-electron chi connectivity index (χ3n) is 6.71. The van der Waals surface area contributed by atoms with Crippen LogP contribution in [0.4, 0.5) is 27.6 Å². The minimum atomic E-state index is -5.08. The average Bonchev–Trinajstić information content (AvgIpc) is 3.36. The van der Waals surface area contributed by atoms with Crippen LogP contribution in [-0.2, 0) is 15.1 Å². The molecule has 0 spiro atoms. The molecule has 0 radical (unpaired) electrons. The molecule has 2 aliphatic rings. The molecule has 2 fully saturated rings. The lowest BCUT2D eigenvalue weighted by atomic mass is 9.91. The van der Waals surface area contributed by atoms with Crippen molar-refractivity contribution in [3.63, 3.8) is 0 Å². The predicted molar refractivity (Wildman–Crippen MR) is 122 cm³/mol. The molecule has 2 aromatic rings. The first-order valence-electron chi connectivity index (χ1n) is 11.2. The minimum Gasteiger partial charge on any atom is -0.477 e. The maximum atomic E-state index is 15.1. The number of hydrogen-bond acceptors (Lipinski definition) is 6. The summed E-state index contributed by atoms with van der Waals surface area (Å²) in [5, 5.41) is 16.4. The number of ether oxygens (including phenoxy) is 1. The zero-order valence-electron chi connectivity index (χ0n) is 19.9. The van der Waals surface area contributed by atoms with Gasteiger partial charge in [0.25, 0.3) is 0 Å². The van der Waals surface area contributed by atoms with E-state index in [-0.39, 0.29) is 22.5 Å². The molecule has 0 saturated carbocycles. The number of anilines is 1. The van der Waals surface area contributed by atoms with Gasteiger partial charge >= 0.3 is 18.1 Å². The first-order valence-corrected chi connectivity index (χ1v) is 11.2. The van der Waals surface area contributed by atoms with Crippen molar-refractivity contribution < 1.29 is 46.5 Å². The molecule has 2 atom stereocenters. The number of pyridine rings is 1. The van der Waals surface area contributed by atoms with Crippen LogP contribution in [0.5, 0.6) is 0 Å². The fourth-order valence-electron chi connectivity index (χ4n) is 4.64. The summed E-state index contributed by atoms with van der Waals surface area (Å²) in [4.78, 5) is 35.0. The van der Waals surface area contributed by atoms with Crippen LogP contribution in [-0.4, -0.2) is 71.4 Å². The number of rotatable bonds is 5. The zero-order chi connectivity index (χ0) is 27.9. The molecule has 37 heavy (non-hydrogen) atoms. The van der Waals surface area contributed by atoms with Crippen molar-refractivity contribution >= 4 is 28.5 Å². The van der Waals surface area contributed by atoms with Gasteiger partial charge in [-0.1, -0.05) is 0 Å². The molecule has 14 heteroatoms. The molecule has 2 unspecified atom stereocenters. The summed E-state index contributed by atoms with van der Waals surface area (Å²) >= 11 is 0. The van der Waals surface area contributed by atoms with E-state index in [1.54, 1.807) is 13.8 Å². The Bertz CT molecular complexity index is 1280. The lowest BCUT2D eigenvalue weighted by Gasteiger charge is -2.29. The van der Waals surface area contributed by atoms with Crippen LogP contribution < -0.4 is 16.1 Å². The molecular formula is C23H26F5N3O6. The fraction of sp³-hybridized carbons (Fsp3) is 0.522. The molecule has 1 aromatic heterocycles. The molecule has 3 heterocycles. The van der Waals surface area contributed by atoms with Crippen LogP contribution in [0, 0.1) is 11.7 Å². The van der Waals surface area contributed by atoms with Crippen LogP contribution >= 0.6 is 0 Å². The summed E-state index contributed by atoms with van der Waals surface area (Å²) in [6.45, 7) is 4.30. The lowest BCUT2D eigenvalue weighted by molar-refractivity contribution is -0.192. The Morgan fingerprint density at radius 2 is 1.86 bits per heavy atom. The van der Waals surface area contributed by atoms with Gasteiger partial charge in [-0.2, -0.15) is 13.2 Å². The molecule has 204 valence electrons. The van der Waals surface area contributed by atoms with Crippen LogP contribution in [0.3, 0.4) is 0 Å². The van der Waals surface area contributed by atoms with E-state index in [2.05, 4.69) is 0 Å². The van der Waals surface area contributed by atoms with Crippen molar-refractivity contribution in [1.82, 2.24) is 4.57 Å². The maximum absolute atomic E-state index is 15.1. The Morgan fingerprint density at radius 1 is 1.24 bits per heavy atom. The van der Waals surface area contributed by atoms with E-state index < -0.39 is 52.7 Å². The van der Waals surface area contributed by atoms with Crippen molar-refractivity contribution in [2.45, 2.75) is 37.6 Å². The highest BCUT2D eigenvalue weighted by atomic mass is 19.4. The summed E-state index contributed by atoms with van der Waals surface area (Å²) in [5.41, 5.74) is 3.52. The van der Waals surface area contributed by atoms with Gasteiger partial charge in [0.2, 0.25) is 5.43 Å². The van der Waals surface area contributed by atoms with Crippen LogP contribution in [0.1, 0.15) is 30.6 Å². The van der Waals surface area contributed by atoms with Gasteiger partial charge in [-0.15, -0.1) is 0 Å². The highest BCUT2D eigenvalue weighted by Gasteiger charge is 2.50. The molecule has 4 N–H and O–H groups in total. The Hall–Kier alpha value is -3.26. The molecule has 4 rings (SSSR count). The van der Waals surface area contributed by atoms with Gasteiger partial charge in [-0.05, 0) is 32.4 Å². The molecule has 2 aliphatic heterocycles. The number of carboxylic acids is 2. The molecule has 1 aromatic carbocycles. The van der Waals surface area contributed by atoms with Gasteiger partial charge in [0, 0.05) is 43.7 Å². The quantitative estimate of drug-likeness (QED) is 0.498. The van der Waals surface area contributed by atoms with E-state index in [1.165, 1.54) is 10.6 Å². The molecule has 9 nitrogen and oxygen atoms in total. The van der Waals surface area contributed by atoms with Gasteiger partial charge in [0.1, 0.15) is 23.7 Å². The Morgan fingerprint density at radius 3 is 2.35 bits per heavy atom. The minimum absolute atomic E-state index is 0.0955. The van der Waals surface area contributed by atoms with Crippen LogP contribution in [0.2, 0.25) is 0 Å². The number of benzene rings is 1. The number of carboxylic acid groups (broad SMARTS) is 2. The topological polar surface area (TPSA) is 135 Å². The number of halogens is 5. The smallest absolute Gasteiger partial charge is 0.477 e. The normalized spacial score (nSPS) is 21.5. The second-order valence-corrected chi connectivity index (χ2v) is 9.60. The third kappa shape index (κ3) is 5.25. The first kappa shape index (κ1) is 28.3. The fourth-order valence-corrected chi connectivity index (χ4v) is 4.64. The van der Waals surface area contributed by atoms with E-state index in [4.69, 9.17) is 20.4 Å². The summed E-state index contributed by atoms with van der Waals surface area (Å²) in [6.07, 6.45) is -3.11. The number of aromatic nitrogens is 1. The average molecular weight is 535 g/mol. The summed E-state index contributed by atoms with van der Waals surface area (Å²) in [7, 11) is 0. The monoisotopic (exact) mass is 535 g/mol. The molecular weight excluding hydrogens is 509 g/mol. The zero-order valence-corrected chi connectivity index (χ0v) is 19.9. The van der Waals surface area contributed by atoms with Gasteiger partial charge in [-0.25, -0.2) is 18.4 Å². The number of hydrogen-bond donors (Lipinski definition) is 3. The second-order valence-electron chi connectivity index (χ2n) is 9.60. The first-order chi connectivity index (χ1) is 17.1. The predicted octanol–water partition coefficient (Wildman–Crippen LogP) is 2.73. The number of aromatic carboxylic acids is 1. The molecule has 0 aliphatic carbocycles. The summed E-state index contributed by atoms with van der Waals surface area (Å²) in [6, 6.07) is 2.55. The third-order valence-corrected chi connectivity index (χ3v) is 6.71. The SMILES string of the molecule is CC(C)(CF)n1cc(C(=O)O)c(=O)c2cc(F)c(N3CC4CCOC4(CN)C3)cc21.O=C(O)C(F)(F)F. The second kappa shape index (κ2) is 9.89. The van der Waals surface area contributed by atoms with Gasteiger partial charge in [0.15, 0.2) is 0 Å². The number of fused-ring (bicyclic) bond motifs is 2. The maximum Gasteiger partial charge on any atom is 0.490 e. The number of aliphatic carboxylic acids is 1. The van der Waals surface area contributed by atoms with E-state index in [1.807, 2.05) is 4.90 Å². The van der Waals surface area contributed by atoms with Gasteiger partial charge in [0.05, 0.1) is 16.7 Å². The molecule has 0 bridgehead atoms. The largest absolute Gasteiger partial charge is 0.490 e.